The Morgan fingerprint density at radius 3 is 1.95 bits per heavy atom. The van der Waals surface area contributed by atoms with Crippen LogP contribution in [0, 0.1) is 0 Å². The van der Waals surface area contributed by atoms with Crippen LogP contribution >= 0.6 is 0 Å². The van der Waals surface area contributed by atoms with Gasteiger partial charge in [-0.3, -0.25) is 4.98 Å². The van der Waals surface area contributed by atoms with Gasteiger partial charge in [0, 0.05) is 24.5 Å². The predicted molar refractivity (Wildman–Crippen MR) is 76.4 cm³/mol. The van der Waals surface area contributed by atoms with Gasteiger partial charge in [0.25, 0.3) is 0 Å². The van der Waals surface area contributed by atoms with Crippen LogP contribution in [0.3, 0.4) is 0 Å². The van der Waals surface area contributed by atoms with Crippen LogP contribution in [0.2, 0.25) is 0 Å². The van der Waals surface area contributed by atoms with Crippen molar-refractivity contribution in [2.24, 2.45) is 5.73 Å². The minimum atomic E-state index is -0.367. The predicted octanol–water partition coefficient (Wildman–Crippen LogP) is 2.16. The van der Waals surface area contributed by atoms with Crippen molar-refractivity contribution >= 4 is 0 Å². The molecule has 5 heteroatoms. The first-order chi connectivity index (χ1) is 9.71. The van der Waals surface area contributed by atoms with E-state index in [1.54, 1.807) is 45.9 Å². The van der Waals surface area contributed by atoms with Crippen molar-refractivity contribution in [1.29, 1.82) is 0 Å². The second kappa shape index (κ2) is 6.25. The molecule has 0 fully saturated rings. The van der Waals surface area contributed by atoms with Crippen LogP contribution in [0.4, 0.5) is 0 Å². The number of pyridine rings is 1. The van der Waals surface area contributed by atoms with Crippen molar-refractivity contribution in [3.63, 3.8) is 0 Å². The number of hydrogen-bond donors (Lipinski definition) is 1. The van der Waals surface area contributed by atoms with Gasteiger partial charge in [-0.15, -0.1) is 0 Å². The maximum absolute atomic E-state index is 6.33. The first-order valence-electron chi connectivity index (χ1n) is 6.16. The lowest BCUT2D eigenvalue weighted by Gasteiger charge is -2.20. The summed E-state index contributed by atoms with van der Waals surface area (Å²) in [6.45, 7) is 0. The zero-order chi connectivity index (χ0) is 14.5. The minimum Gasteiger partial charge on any atom is -0.496 e. The van der Waals surface area contributed by atoms with Crippen molar-refractivity contribution in [3.8, 4) is 17.2 Å². The van der Waals surface area contributed by atoms with Crippen molar-refractivity contribution in [2.75, 3.05) is 21.3 Å². The van der Waals surface area contributed by atoms with E-state index >= 15 is 0 Å². The zero-order valence-electron chi connectivity index (χ0n) is 11.8. The molecule has 0 aliphatic carbocycles. The molecule has 0 radical (unpaired) electrons. The highest BCUT2D eigenvalue weighted by atomic mass is 16.5. The maximum atomic E-state index is 6.33. The number of benzene rings is 1. The minimum absolute atomic E-state index is 0.367. The fraction of sp³-hybridized carbons (Fsp3) is 0.267. The van der Waals surface area contributed by atoms with Crippen molar-refractivity contribution in [3.05, 3.63) is 47.8 Å². The largest absolute Gasteiger partial charge is 0.496 e. The lowest BCUT2D eigenvalue weighted by atomic mass is 9.98. The Balaban J connectivity index is 2.54. The van der Waals surface area contributed by atoms with Gasteiger partial charge >= 0.3 is 0 Å². The molecule has 0 bridgehead atoms. The van der Waals surface area contributed by atoms with Crippen LogP contribution < -0.4 is 19.9 Å². The van der Waals surface area contributed by atoms with Gasteiger partial charge < -0.3 is 19.9 Å². The number of methoxy groups -OCH3 is 3. The molecule has 0 saturated heterocycles. The highest BCUT2D eigenvalue weighted by Gasteiger charge is 2.20. The van der Waals surface area contributed by atoms with E-state index in [2.05, 4.69) is 4.98 Å². The van der Waals surface area contributed by atoms with E-state index in [-0.39, 0.29) is 6.04 Å². The van der Waals surface area contributed by atoms with Crippen LogP contribution in [0.25, 0.3) is 0 Å². The smallest absolute Gasteiger partial charge is 0.131 e. The van der Waals surface area contributed by atoms with Crippen LogP contribution in [0.15, 0.2) is 36.7 Å². The number of nitrogens with two attached hydrogens (primary N) is 1. The highest BCUT2D eigenvalue weighted by molar-refractivity contribution is 5.54. The Hall–Kier alpha value is -2.27. The third kappa shape index (κ3) is 2.67. The molecular formula is C15H18N2O3. The second-order valence-corrected chi connectivity index (χ2v) is 4.20. The molecule has 0 aliphatic heterocycles. The molecule has 1 atom stereocenters. The summed E-state index contributed by atoms with van der Waals surface area (Å²) in [5, 5.41) is 0. The summed E-state index contributed by atoms with van der Waals surface area (Å²) in [6, 6.07) is 6.95. The van der Waals surface area contributed by atoms with E-state index in [0.29, 0.717) is 17.2 Å². The summed E-state index contributed by atoms with van der Waals surface area (Å²) in [5.41, 5.74) is 8.04. The average molecular weight is 274 g/mol. The van der Waals surface area contributed by atoms with E-state index in [0.717, 1.165) is 11.1 Å². The number of ether oxygens (including phenoxy) is 3. The number of rotatable bonds is 5. The van der Waals surface area contributed by atoms with Crippen molar-refractivity contribution < 1.29 is 14.2 Å². The van der Waals surface area contributed by atoms with Crippen LogP contribution in [0.1, 0.15) is 17.2 Å². The molecule has 0 saturated carbocycles. The molecule has 1 aromatic heterocycles. The SMILES string of the molecule is COc1cc(OC)c(C(N)c2ccncc2)c(OC)c1. The summed E-state index contributed by atoms with van der Waals surface area (Å²) in [5.74, 6) is 1.92. The molecule has 0 spiro atoms. The molecule has 0 amide bonds. The zero-order valence-corrected chi connectivity index (χ0v) is 11.8. The van der Waals surface area contributed by atoms with Gasteiger partial charge in [0.05, 0.1) is 32.9 Å². The molecule has 106 valence electrons. The number of nitrogens with zero attached hydrogens (tertiary/aromatic N) is 1. The second-order valence-electron chi connectivity index (χ2n) is 4.20. The summed E-state index contributed by atoms with van der Waals surface area (Å²) >= 11 is 0. The fourth-order valence-corrected chi connectivity index (χ4v) is 2.08. The van der Waals surface area contributed by atoms with E-state index in [1.807, 2.05) is 12.1 Å². The van der Waals surface area contributed by atoms with Gasteiger partial charge in [-0.2, -0.15) is 0 Å². The fourth-order valence-electron chi connectivity index (χ4n) is 2.08. The normalized spacial score (nSPS) is 11.8. The van der Waals surface area contributed by atoms with Crippen LogP contribution in [-0.4, -0.2) is 26.3 Å². The molecule has 1 aromatic carbocycles. The molecule has 1 unspecified atom stereocenters. The Morgan fingerprint density at radius 1 is 0.950 bits per heavy atom. The van der Waals surface area contributed by atoms with E-state index in [4.69, 9.17) is 19.9 Å². The Morgan fingerprint density at radius 2 is 1.50 bits per heavy atom. The summed E-state index contributed by atoms with van der Waals surface area (Å²) in [7, 11) is 4.78. The van der Waals surface area contributed by atoms with Crippen LogP contribution in [-0.2, 0) is 0 Å². The molecule has 20 heavy (non-hydrogen) atoms. The molecule has 1 heterocycles. The Labute approximate surface area is 118 Å². The topological polar surface area (TPSA) is 66.6 Å². The Kier molecular flexibility index (Phi) is 4.42. The van der Waals surface area contributed by atoms with Crippen molar-refractivity contribution in [1.82, 2.24) is 4.98 Å². The molecule has 2 N–H and O–H groups in total. The summed E-state index contributed by atoms with van der Waals surface area (Å²) in [4.78, 5) is 4.00. The average Bonchev–Trinajstić information content (AvgIpc) is 2.53. The standard InChI is InChI=1S/C15H18N2O3/c1-18-11-8-12(19-2)14(13(9-11)20-3)15(16)10-4-6-17-7-5-10/h4-9,15H,16H2,1-3H3. The third-order valence-corrected chi connectivity index (χ3v) is 3.13. The van der Waals surface area contributed by atoms with Gasteiger partial charge in [0.1, 0.15) is 17.2 Å². The van der Waals surface area contributed by atoms with Crippen molar-refractivity contribution in [2.45, 2.75) is 6.04 Å². The number of aromatic nitrogens is 1. The lowest BCUT2D eigenvalue weighted by molar-refractivity contribution is 0.366. The Bertz CT molecular complexity index is 548. The van der Waals surface area contributed by atoms with Crippen LogP contribution in [0.5, 0.6) is 17.2 Å². The highest BCUT2D eigenvalue weighted by Crippen LogP contribution is 2.39. The summed E-state index contributed by atoms with van der Waals surface area (Å²) < 4.78 is 16.1. The molecular weight excluding hydrogens is 256 g/mol. The third-order valence-electron chi connectivity index (χ3n) is 3.13. The van der Waals surface area contributed by atoms with E-state index in [9.17, 15) is 0 Å². The van der Waals surface area contributed by atoms with E-state index in [1.165, 1.54) is 0 Å². The quantitative estimate of drug-likeness (QED) is 0.905. The van der Waals surface area contributed by atoms with Gasteiger partial charge in [-0.1, -0.05) is 0 Å². The monoisotopic (exact) mass is 274 g/mol. The van der Waals surface area contributed by atoms with E-state index < -0.39 is 0 Å². The molecule has 5 nitrogen and oxygen atoms in total. The molecule has 2 aromatic rings. The first-order valence-corrected chi connectivity index (χ1v) is 6.16. The maximum Gasteiger partial charge on any atom is 0.131 e. The van der Waals surface area contributed by atoms with Gasteiger partial charge in [-0.25, -0.2) is 0 Å². The van der Waals surface area contributed by atoms with Gasteiger partial charge in [0.15, 0.2) is 0 Å². The summed E-state index contributed by atoms with van der Waals surface area (Å²) in [6.07, 6.45) is 3.41. The molecule has 2 rings (SSSR count). The molecule has 0 aliphatic rings. The van der Waals surface area contributed by atoms with Gasteiger partial charge in [-0.05, 0) is 17.7 Å². The number of hydrogen-bond acceptors (Lipinski definition) is 5. The van der Waals surface area contributed by atoms with Gasteiger partial charge in [0.2, 0.25) is 0 Å². The first kappa shape index (κ1) is 14.1. The lowest BCUT2D eigenvalue weighted by Crippen LogP contribution is -2.14.